The average Bonchev–Trinajstić information content (AvgIpc) is 2.63. The van der Waals surface area contributed by atoms with Crippen molar-refractivity contribution < 1.29 is 4.39 Å². The molecule has 3 rings (SSSR count). The van der Waals surface area contributed by atoms with E-state index >= 15 is 0 Å². The molecule has 0 spiro atoms. The molecular weight excluding hydrogens is 327 g/mol. The number of pyridine rings is 2. The molecule has 3 aromatic rings. The quantitative estimate of drug-likeness (QED) is 0.626. The van der Waals surface area contributed by atoms with E-state index in [1.54, 1.807) is 12.3 Å². The van der Waals surface area contributed by atoms with Crippen molar-refractivity contribution >= 4 is 10.8 Å². The number of aromatic nitrogens is 2. The van der Waals surface area contributed by atoms with E-state index in [2.05, 4.69) is 27.9 Å². The summed E-state index contributed by atoms with van der Waals surface area (Å²) < 4.78 is 13.5. The molecule has 26 heavy (non-hydrogen) atoms. The Labute approximate surface area is 153 Å². The molecule has 0 saturated carbocycles. The van der Waals surface area contributed by atoms with Gasteiger partial charge in [0.2, 0.25) is 0 Å². The molecular formula is C21H25FN4. The molecule has 0 bridgehead atoms. The van der Waals surface area contributed by atoms with Crippen molar-refractivity contribution in [3.05, 3.63) is 71.6 Å². The molecule has 136 valence electrons. The van der Waals surface area contributed by atoms with Gasteiger partial charge in [0, 0.05) is 30.9 Å². The van der Waals surface area contributed by atoms with Gasteiger partial charge in [-0.15, -0.1) is 0 Å². The molecule has 0 fully saturated rings. The van der Waals surface area contributed by atoms with E-state index in [4.69, 9.17) is 5.73 Å². The maximum absolute atomic E-state index is 13.5. The summed E-state index contributed by atoms with van der Waals surface area (Å²) in [4.78, 5) is 11.4. The molecule has 0 radical (unpaired) electrons. The number of rotatable bonds is 8. The minimum atomic E-state index is -0.224. The topological polar surface area (TPSA) is 55.0 Å². The number of hydrogen-bond donors (Lipinski definition) is 1. The summed E-state index contributed by atoms with van der Waals surface area (Å²) in [6.45, 7) is 5.16. The fraction of sp³-hybridized carbons (Fsp3) is 0.333. The summed E-state index contributed by atoms with van der Waals surface area (Å²) in [5, 5.41) is 1.88. The van der Waals surface area contributed by atoms with Crippen LogP contribution in [-0.2, 0) is 13.1 Å². The van der Waals surface area contributed by atoms with Crippen molar-refractivity contribution in [1.82, 2.24) is 14.9 Å². The van der Waals surface area contributed by atoms with Crippen LogP contribution in [0.15, 0.2) is 48.8 Å². The maximum atomic E-state index is 13.5. The van der Waals surface area contributed by atoms with Crippen LogP contribution in [-0.4, -0.2) is 28.0 Å². The number of fused-ring (bicyclic) bond motifs is 1. The normalized spacial score (nSPS) is 11.4. The molecule has 2 N–H and O–H groups in total. The van der Waals surface area contributed by atoms with Crippen molar-refractivity contribution in [1.29, 1.82) is 0 Å². The third kappa shape index (κ3) is 4.62. The molecule has 2 heterocycles. The Bertz CT molecular complexity index is 866. The van der Waals surface area contributed by atoms with E-state index in [1.807, 2.05) is 24.4 Å². The molecule has 0 amide bonds. The van der Waals surface area contributed by atoms with Crippen LogP contribution in [0, 0.1) is 12.7 Å². The Morgan fingerprint density at radius 1 is 1.00 bits per heavy atom. The first kappa shape index (κ1) is 18.4. The smallest absolute Gasteiger partial charge is 0.123 e. The van der Waals surface area contributed by atoms with E-state index < -0.39 is 0 Å². The summed E-state index contributed by atoms with van der Waals surface area (Å²) in [5.41, 5.74) is 8.88. The predicted octanol–water partition coefficient (Wildman–Crippen LogP) is 3.82. The molecule has 0 aliphatic heterocycles. The second-order valence-corrected chi connectivity index (χ2v) is 6.60. The van der Waals surface area contributed by atoms with Crippen LogP contribution in [0.1, 0.15) is 29.8 Å². The minimum Gasteiger partial charge on any atom is -0.330 e. The number of nitrogens with two attached hydrogens (primary N) is 1. The SMILES string of the molecule is Cc1cccnc1CN(CCCCN)Cc1nccc2cc(F)ccc12. The van der Waals surface area contributed by atoms with Crippen LogP contribution >= 0.6 is 0 Å². The van der Waals surface area contributed by atoms with Crippen LogP contribution in [0.2, 0.25) is 0 Å². The molecule has 1 aromatic carbocycles. The molecule has 0 atom stereocenters. The van der Waals surface area contributed by atoms with E-state index in [0.717, 1.165) is 48.1 Å². The fourth-order valence-corrected chi connectivity index (χ4v) is 3.14. The summed E-state index contributed by atoms with van der Waals surface area (Å²) in [5.74, 6) is -0.224. The minimum absolute atomic E-state index is 0.224. The third-order valence-corrected chi connectivity index (χ3v) is 4.60. The standard InChI is InChI=1S/C21H25FN4/c1-16-5-4-10-24-20(16)14-26(12-3-2-9-23)15-21-19-7-6-18(22)13-17(19)8-11-25-21/h4-8,10-11,13H,2-3,9,12,14-15,23H2,1H3. The fourth-order valence-electron chi connectivity index (χ4n) is 3.14. The highest BCUT2D eigenvalue weighted by molar-refractivity contribution is 5.84. The first-order valence-corrected chi connectivity index (χ1v) is 9.03. The van der Waals surface area contributed by atoms with Crippen molar-refractivity contribution in [3.8, 4) is 0 Å². The lowest BCUT2D eigenvalue weighted by molar-refractivity contribution is 0.246. The van der Waals surface area contributed by atoms with Gasteiger partial charge in [-0.25, -0.2) is 4.39 Å². The molecule has 0 unspecified atom stereocenters. The number of unbranched alkanes of at least 4 members (excludes halogenated alkanes) is 1. The summed E-state index contributed by atoms with van der Waals surface area (Å²) in [7, 11) is 0. The zero-order chi connectivity index (χ0) is 18.4. The van der Waals surface area contributed by atoms with Gasteiger partial charge in [0.15, 0.2) is 0 Å². The Balaban J connectivity index is 1.84. The van der Waals surface area contributed by atoms with E-state index in [1.165, 1.54) is 11.6 Å². The zero-order valence-corrected chi connectivity index (χ0v) is 15.2. The Hall–Kier alpha value is -2.37. The van der Waals surface area contributed by atoms with Gasteiger partial charge < -0.3 is 5.73 Å². The van der Waals surface area contributed by atoms with E-state index in [-0.39, 0.29) is 5.82 Å². The second kappa shape index (κ2) is 8.83. The summed E-state index contributed by atoms with van der Waals surface area (Å²) in [6, 6.07) is 10.8. The summed E-state index contributed by atoms with van der Waals surface area (Å²) >= 11 is 0. The molecule has 2 aromatic heterocycles. The van der Waals surface area contributed by atoms with Gasteiger partial charge in [0.05, 0.1) is 11.4 Å². The van der Waals surface area contributed by atoms with Gasteiger partial charge >= 0.3 is 0 Å². The lowest BCUT2D eigenvalue weighted by atomic mass is 10.1. The number of nitrogens with zero attached hydrogens (tertiary/aromatic N) is 3. The Morgan fingerprint density at radius 2 is 1.81 bits per heavy atom. The first-order chi connectivity index (χ1) is 12.7. The van der Waals surface area contributed by atoms with Crippen LogP contribution < -0.4 is 5.73 Å². The monoisotopic (exact) mass is 352 g/mol. The largest absolute Gasteiger partial charge is 0.330 e. The molecule has 0 aliphatic rings. The lowest BCUT2D eigenvalue weighted by Crippen LogP contribution is -2.26. The van der Waals surface area contributed by atoms with Crippen LogP contribution in [0.25, 0.3) is 10.8 Å². The van der Waals surface area contributed by atoms with Gasteiger partial charge in [-0.3, -0.25) is 14.9 Å². The maximum Gasteiger partial charge on any atom is 0.123 e. The first-order valence-electron chi connectivity index (χ1n) is 9.03. The van der Waals surface area contributed by atoms with Crippen LogP contribution in [0.5, 0.6) is 0 Å². The second-order valence-electron chi connectivity index (χ2n) is 6.60. The van der Waals surface area contributed by atoms with Crippen molar-refractivity contribution in [2.24, 2.45) is 5.73 Å². The zero-order valence-electron chi connectivity index (χ0n) is 15.2. The predicted molar refractivity (Wildman–Crippen MR) is 103 cm³/mol. The van der Waals surface area contributed by atoms with Crippen molar-refractivity contribution in [3.63, 3.8) is 0 Å². The van der Waals surface area contributed by atoms with Crippen molar-refractivity contribution in [2.75, 3.05) is 13.1 Å². The number of aryl methyl sites for hydroxylation is 1. The highest BCUT2D eigenvalue weighted by Gasteiger charge is 2.12. The van der Waals surface area contributed by atoms with Gasteiger partial charge in [-0.1, -0.05) is 6.07 Å². The van der Waals surface area contributed by atoms with Gasteiger partial charge in [-0.05, 0) is 74.1 Å². The number of hydrogen-bond acceptors (Lipinski definition) is 4. The highest BCUT2D eigenvalue weighted by Crippen LogP contribution is 2.20. The van der Waals surface area contributed by atoms with Gasteiger partial charge in [0.1, 0.15) is 5.82 Å². The van der Waals surface area contributed by atoms with E-state index in [9.17, 15) is 4.39 Å². The van der Waals surface area contributed by atoms with Crippen molar-refractivity contribution in [2.45, 2.75) is 32.9 Å². The van der Waals surface area contributed by atoms with Crippen LogP contribution in [0.4, 0.5) is 4.39 Å². The Morgan fingerprint density at radius 3 is 2.62 bits per heavy atom. The lowest BCUT2D eigenvalue weighted by Gasteiger charge is -2.23. The molecule has 4 nitrogen and oxygen atoms in total. The van der Waals surface area contributed by atoms with Crippen LogP contribution in [0.3, 0.4) is 0 Å². The molecule has 0 aliphatic carbocycles. The van der Waals surface area contributed by atoms with Gasteiger partial charge in [-0.2, -0.15) is 0 Å². The highest BCUT2D eigenvalue weighted by atomic mass is 19.1. The molecule has 0 saturated heterocycles. The molecule has 5 heteroatoms. The third-order valence-electron chi connectivity index (χ3n) is 4.60. The van der Waals surface area contributed by atoms with Gasteiger partial charge in [0.25, 0.3) is 0 Å². The van der Waals surface area contributed by atoms with E-state index in [0.29, 0.717) is 13.1 Å². The Kier molecular flexibility index (Phi) is 6.26. The number of halogens is 1. The average molecular weight is 352 g/mol. The number of benzene rings is 1. The summed E-state index contributed by atoms with van der Waals surface area (Å²) in [6.07, 6.45) is 5.61.